The lowest BCUT2D eigenvalue weighted by Gasteiger charge is -2.15. The highest BCUT2D eigenvalue weighted by molar-refractivity contribution is 5.94. The number of aryl methyl sites for hydroxylation is 1. The summed E-state index contributed by atoms with van der Waals surface area (Å²) >= 11 is 0. The van der Waals surface area contributed by atoms with E-state index >= 15 is 0 Å². The second-order valence-electron chi connectivity index (χ2n) is 6.33. The fraction of sp³-hybridized carbons (Fsp3) is 0.409. The number of amides is 1. The van der Waals surface area contributed by atoms with E-state index in [-0.39, 0.29) is 5.91 Å². The predicted molar refractivity (Wildman–Crippen MR) is 106 cm³/mol. The highest BCUT2D eigenvalue weighted by Gasteiger charge is 2.15. The molecule has 0 spiro atoms. The summed E-state index contributed by atoms with van der Waals surface area (Å²) in [5.41, 5.74) is 1.92. The van der Waals surface area contributed by atoms with E-state index in [2.05, 4.69) is 19.2 Å². The van der Waals surface area contributed by atoms with Crippen LogP contribution in [0.2, 0.25) is 0 Å². The van der Waals surface area contributed by atoms with Gasteiger partial charge in [-0.3, -0.25) is 4.79 Å². The first-order chi connectivity index (χ1) is 12.6. The van der Waals surface area contributed by atoms with E-state index in [0.29, 0.717) is 5.75 Å². The Hall–Kier alpha value is -2.49. The Morgan fingerprint density at radius 3 is 2.50 bits per heavy atom. The van der Waals surface area contributed by atoms with E-state index < -0.39 is 6.10 Å². The Morgan fingerprint density at radius 1 is 1.04 bits per heavy atom. The van der Waals surface area contributed by atoms with Gasteiger partial charge in [-0.15, -0.1) is 0 Å². The Morgan fingerprint density at radius 2 is 1.81 bits per heavy atom. The van der Waals surface area contributed by atoms with Crippen molar-refractivity contribution in [1.29, 1.82) is 0 Å². The lowest BCUT2D eigenvalue weighted by Crippen LogP contribution is -2.30. The summed E-state index contributed by atoms with van der Waals surface area (Å²) in [5.74, 6) is 1.35. The molecular weight excluding hydrogens is 326 g/mol. The second kappa shape index (κ2) is 10.5. The third-order valence-corrected chi connectivity index (χ3v) is 4.13. The van der Waals surface area contributed by atoms with E-state index in [9.17, 15) is 4.79 Å². The molecule has 1 unspecified atom stereocenters. The van der Waals surface area contributed by atoms with Gasteiger partial charge in [0.05, 0.1) is 6.61 Å². The molecule has 0 aliphatic carbocycles. The summed E-state index contributed by atoms with van der Waals surface area (Å²) in [5, 5.41) is 2.87. The number of anilines is 1. The van der Waals surface area contributed by atoms with Crippen molar-refractivity contribution in [1.82, 2.24) is 0 Å². The third kappa shape index (κ3) is 6.43. The molecule has 4 heteroatoms. The minimum Gasteiger partial charge on any atom is -0.494 e. The molecule has 0 heterocycles. The summed E-state index contributed by atoms with van der Waals surface area (Å²) in [4.78, 5) is 12.3. The van der Waals surface area contributed by atoms with Crippen LogP contribution in [0.5, 0.6) is 11.5 Å². The topological polar surface area (TPSA) is 47.6 Å². The van der Waals surface area contributed by atoms with Crippen LogP contribution < -0.4 is 14.8 Å². The molecule has 0 radical (unpaired) electrons. The maximum absolute atomic E-state index is 12.3. The predicted octanol–water partition coefficient (Wildman–Crippen LogP) is 5.22. The summed E-state index contributed by atoms with van der Waals surface area (Å²) in [7, 11) is 0. The van der Waals surface area contributed by atoms with Gasteiger partial charge >= 0.3 is 0 Å². The van der Waals surface area contributed by atoms with Crippen molar-refractivity contribution >= 4 is 11.6 Å². The summed E-state index contributed by atoms with van der Waals surface area (Å²) in [6.07, 6.45) is 3.77. The standard InChI is InChI=1S/C22H29NO3/c1-4-6-7-15-25-20-13-11-19(12-14-20)23-22(24)17(3)26-21-10-8-9-18(5-2)16-21/h8-14,16-17H,4-7,15H2,1-3H3,(H,23,24). The number of unbranched alkanes of at least 4 members (excludes halogenated alkanes) is 2. The summed E-state index contributed by atoms with van der Waals surface area (Å²) < 4.78 is 11.4. The molecule has 2 aromatic carbocycles. The van der Waals surface area contributed by atoms with E-state index in [1.54, 1.807) is 6.92 Å². The smallest absolute Gasteiger partial charge is 0.265 e. The summed E-state index contributed by atoms with van der Waals surface area (Å²) in [6.45, 7) is 6.73. The molecule has 0 bridgehead atoms. The van der Waals surface area contributed by atoms with Crippen LogP contribution in [0, 0.1) is 0 Å². The van der Waals surface area contributed by atoms with Crippen LogP contribution in [0.15, 0.2) is 48.5 Å². The first-order valence-corrected chi connectivity index (χ1v) is 9.41. The number of carbonyl (C=O) groups is 1. The minimum absolute atomic E-state index is 0.177. The van der Waals surface area contributed by atoms with Crippen LogP contribution in [-0.2, 0) is 11.2 Å². The fourth-order valence-electron chi connectivity index (χ4n) is 2.52. The van der Waals surface area contributed by atoms with E-state index in [1.807, 2.05) is 48.5 Å². The quantitative estimate of drug-likeness (QED) is 0.594. The Labute approximate surface area is 156 Å². The molecule has 1 N–H and O–H groups in total. The van der Waals surface area contributed by atoms with Crippen LogP contribution in [0.25, 0.3) is 0 Å². The van der Waals surface area contributed by atoms with Crippen molar-refractivity contribution in [3.05, 3.63) is 54.1 Å². The molecule has 26 heavy (non-hydrogen) atoms. The first kappa shape index (κ1) is 19.8. The summed E-state index contributed by atoms with van der Waals surface area (Å²) in [6, 6.07) is 15.3. The average molecular weight is 355 g/mol. The third-order valence-electron chi connectivity index (χ3n) is 4.13. The molecule has 0 saturated carbocycles. The molecule has 2 rings (SSSR count). The highest BCUT2D eigenvalue weighted by Crippen LogP contribution is 2.18. The fourth-order valence-corrected chi connectivity index (χ4v) is 2.52. The Bertz CT molecular complexity index is 682. The van der Waals surface area contributed by atoms with Crippen LogP contribution >= 0.6 is 0 Å². The SMILES string of the molecule is CCCCCOc1ccc(NC(=O)C(C)Oc2cccc(CC)c2)cc1. The normalized spacial score (nSPS) is 11.7. The van der Waals surface area contributed by atoms with Gasteiger partial charge in [0.25, 0.3) is 5.91 Å². The van der Waals surface area contributed by atoms with Gasteiger partial charge in [-0.2, -0.15) is 0 Å². The van der Waals surface area contributed by atoms with Crippen LogP contribution in [0.3, 0.4) is 0 Å². The van der Waals surface area contributed by atoms with Gasteiger partial charge in [0.2, 0.25) is 0 Å². The van der Waals surface area contributed by atoms with Crippen molar-refractivity contribution in [2.24, 2.45) is 0 Å². The lowest BCUT2D eigenvalue weighted by atomic mass is 10.2. The van der Waals surface area contributed by atoms with Crippen molar-refractivity contribution in [3.8, 4) is 11.5 Å². The number of benzene rings is 2. The van der Waals surface area contributed by atoms with Gasteiger partial charge in [0.15, 0.2) is 6.10 Å². The molecule has 0 aliphatic heterocycles. The minimum atomic E-state index is -0.577. The maximum Gasteiger partial charge on any atom is 0.265 e. The Balaban J connectivity index is 1.84. The average Bonchev–Trinajstić information content (AvgIpc) is 2.66. The number of rotatable bonds is 10. The van der Waals surface area contributed by atoms with Crippen LogP contribution in [0.4, 0.5) is 5.69 Å². The molecule has 2 aromatic rings. The van der Waals surface area contributed by atoms with E-state index in [1.165, 1.54) is 18.4 Å². The maximum atomic E-state index is 12.3. The van der Waals surface area contributed by atoms with Gasteiger partial charge in [-0.05, 0) is 61.7 Å². The molecule has 0 aliphatic rings. The highest BCUT2D eigenvalue weighted by atomic mass is 16.5. The lowest BCUT2D eigenvalue weighted by molar-refractivity contribution is -0.122. The molecule has 140 valence electrons. The van der Waals surface area contributed by atoms with Gasteiger partial charge in [-0.25, -0.2) is 0 Å². The zero-order chi connectivity index (χ0) is 18.8. The molecule has 1 amide bonds. The zero-order valence-electron chi connectivity index (χ0n) is 16.0. The van der Waals surface area contributed by atoms with Gasteiger partial charge in [-0.1, -0.05) is 38.8 Å². The number of hydrogen-bond donors (Lipinski definition) is 1. The number of nitrogens with one attached hydrogen (secondary N) is 1. The monoisotopic (exact) mass is 355 g/mol. The number of carbonyl (C=O) groups excluding carboxylic acids is 1. The number of hydrogen-bond acceptors (Lipinski definition) is 3. The molecule has 4 nitrogen and oxygen atoms in total. The first-order valence-electron chi connectivity index (χ1n) is 9.41. The van der Waals surface area contributed by atoms with Crippen molar-refractivity contribution in [2.45, 2.75) is 52.6 Å². The second-order valence-corrected chi connectivity index (χ2v) is 6.33. The Kier molecular flexibility index (Phi) is 8.00. The van der Waals surface area contributed by atoms with Crippen LogP contribution in [-0.4, -0.2) is 18.6 Å². The molecule has 0 aromatic heterocycles. The van der Waals surface area contributed by atoms with Gasteiger partial charge in [0, 0.05) is 5.69 Å². The molecule has 0 fully saturated rings. The number of ether oxygens (including phenoxy) is 2. The molecule has 1 atom stereocenters. The van der Waals surface area contributed by atoms with Gasteiger partial charge < -0.3 is 14.8 Å². The van der Waals surface area contributed by atoms with Crippen LogP contribution in [0.1, 0.15) is 45.6 Å². The molecule has 0 saturated heterocycles. The van der Waals surface area contributed by atoms with Crippen molar-refractivity contribution in [2.75, 3.05) is 11.9 Å². The van der Waals surface area contributed by atoms with E-state index in [4.69, 9.17) is 9.47 Å². The van der Waals surface area contributed by atoms with Crippen molar-refractivity contribution in [3.63, 3.8) is 0 Å². The molecular formula is C22H29NO3. The van der Waals surface area contributed by atoms with E-state index in [0.717, 1.165) is 30.9 Å². The zero-order valence-corrected chi connectivity index (χ0v) is 16.0. The largest absolute Gasteiger partial charge is 0.494 e. The van der Waals surface area contributed by atoms with Crippen molar-refractivity contribution < 1.29 is 14.3 Å². The van der Waals surface area contributed by atoms with Gasteiger partial charge in [0.1, 0.15) is 11.5 Å².